The van der Waals surface area contributed by atoms with Gasteiger partial charge >= 0.3 is 5.97 Å². The van der Waals surface area contributed by atoms with E-state index in [9.17, 15) is 9.90 Å². The average Bonchev–Trinajstić information content (AvgIpc) is 2.73. The highest BCUT2D eigenvalue weighted by atomic mass is 16.5. The molecule has 106 valence electrons. The molecule has 1 aliphatic rings. The molecule has 5 heteroatoms. The number of aromatic nitrogens is 2. The molecule has 5 nitrogen and oxygen atoms in total. The third kappa shape index (κ3) is 2.51. The lowest BCUT2D eigenvalue weighted by Gasteiger charge is -2.27. The second-order valence-corrected chi connectivity index (χ2v) is 6.85. The molecule has 0 amide bonds. The van der Waals surface area contributed by atoms with Crippen molar-refractivity contribution in [1.82, 2.24) is 10.1 Å². The van der Waals surface area contributed by atoms with Crippen molar-refractivity contribution in [2.24, 2.45) is 16.7 Å². The fraction of sp³-hybridized carbons (Fsp3) is 0.786. The predicted octanol–water partition coefficient (Wildman–Crippen LogP) is 2.87. The molecule has 1 aromatic heterocycles. The van der Waals surface area contributed by atoms with Crippen LogP contribution in [0.3, 0.4) is 0 Å². The number of hydrogen-bond acceptors (Lipinski definition) is 4. The molecule has 0 spiro atoms. The number of hydrogen-bond donors (Lipinski definition) is 1. The molecule has 1 N–H and O–H groups in total. The molecule has 2 atom stereocenters. The Morgan fingerprint density at radius 3 is 2.58 bits per heavy atom. The summed E-state index contributed by atoms with van der Waals surface area (Å²) in [5, 5.41) is 13.4. The maximum absolute atomic E-state index is 11.4. The number of aliphatic carboxylic acids is 1. The molecule has 0 aliphatic heterocycles. The summed E-state index contributed by atoms with van der Waals surface area (Å²) >= 11 is 0. The zero-order chi connectivity index (χ0) is 14.4. The van der Waals surface area contributed by atoms with Gasteiger partial charge in [0, 0.05) is 12.3 Å². The Morgan fingerprint density at radius 1 is 1.58 bits per heavy atom. The lowest BCUT2D eigenvalue weighted by atomic mass is 9.76. The van der Waals surface area contributed by atoms with Crippen molar-refractivity contribution in [3.8, 4) is 0 Å². The molecule has 0 saturated heterocycles. The lowest BCUT2D eigenvalue weighted by Crippen LogP contribution is -2.35. The van der Waals surface area contributed by atoms with Crippen LogP contribution in [-0.4, -0.2) is 21.2 Å². The van der Waals surface area contributed by atoms with Gasteiger partial charge in [-0.25, -0.2) is 0 Å². The molecule has 1 fully saturated rings. The van der Waals surface area contributed by atoms with Gasteiger partial charge in [-0.1, -0.05) is 32.9 Å². The Bertz CT molecular complexity index is 493. The zero-order valence-electron chi connectivity index (χ0n) is 12.2. The molecule has 1 saturated carbocycles. The Hall–Kier alpha value is -1.39. The van der Waals surface area contributed by atoms with Crippen LogP contribution in [-0.2, 0) is 11.2 Å². The minimum Gasteiger partial charge on any atom is -0.481 e. The minimum absolute atomic E-state index is 0.00211. The third-order valence-electron chi connectivity index (χ3n) is 4.59. The van der Waals surface area contributed by atoms with E-state index in [0.717, 1.165) is 12.2 Å². The van der Waals surface area contributed by atoms with Gasteiger partial charge in [0.15, 0.2) is 5.82 Å². The first kappa shape index (κ1) is 14.0. The van der Waals surface area contributed by atoms with Crippen molar-refractivity contribution >= 4 is 5.97 Å². The summed E-state index contributed by atoms with van der Waals surface area (Å²) < 4.78 is 5.23. The van der Waals surface area contributed by atoms with Crippen molar-refractivity contribution in [2.75, 3.05) is 0 Å². The van der Waals surface area contributed by atoms with Crippen molar-refractivity contribution in [3.05, 3.63) is 11.7 Å². The van der Waals surface area contributed by atoms with E-state index in [1.165, 1.54) is 0 Å². The molecule has 2 rings (SSSR count). The van der Waals surface area contributed by atoms with Gasteiger partial charge in [0.05, 0.1) is 5.41 Å². The van der Waals surface area contributed by atoms with E-state index in [2.05, 4.69) is 24.0 Å². The normalized spacial score (nSPS) is 24.2. The van der Waals surface area contributed by atoms with Gasteiger partial charge in [-0.05, 0) is 24.7 Å². The van der Waals surface area contributed by atoms with E-state index in [4.69, 9.17) is 4.52 Å². The van der Waals surface area contributed by atoms with E-state index >= 15 is 0 Å². The zero-order valence-corrected chi connectivity index (χ0v) is 12.2. The largest absolute Gasteiger partial charge is 0.481 e. The Balaban J connectivity index is 2.14. The summed E-state index contributed by atoms with van der Waals surface area (Å²) in [4.78, 5) is 15.8. The summed E-state index contributed by atoms with van der Waals surface area (Å²) in [5.74, 6) is 0.666. The van der Waals surface area contributed by atoms with Crippen LogP contribution in [0.4, 0.5) is 0 Å². The highest BCUT2D eigenvalue weighted by molar-refractivity contribution is 5.74. The van der Waals surface area contributed by atoms with Gasteiger partial charge in [-0.2, -0.15) is 4.98 Å². The molecular weight excluding hydrogens is 244 g/mol. The Kier molecular flexibility index (Phi) is 3.19. The summed E-state index contributed by atoms with van der Waals surface area (Å²) in [6.45, 7) is 9.86. The van der Waals surface area contributed by atoms with Crippen LogP contribution in [0.25, 0.3) is 0 Å². The molecular formula is C14H22N2O3. The van der Waals surface area contributed by atoms with Crippen LogP contribution in [0.1, 0.15) is 58.7 Å². The smallest absolute Gasteiger partial charge is 0.310 e. The topological polar surface area (TPSA) is 76.2 Å². The van der Waals surface area contributed by atoms with E-state index in [1.807, 2.05) is 13.8 Å². The molecule has 19 heavy (non-hydrogen) atoms. The van der Waals surface area contributed by atoms with E-state index < -0.39 is 11.4 Å². The predicted molar refractivity (Wildman–Crippen MR) is 69.7 cm³/mol. The summed E-state index contributed by atoms with van der Waals surface area (Å²) in [6, 6.07) is 0. The number of rotatable bonds is 5. The first-order chi connectivity index (χ1) is 8.67. The summed E-state index contributed by atoms with van der Waals surface area (Å²) in [7, 11) is 0. The number of carbonyl (C=O) groups is 1. The Morgan fingerprint density at radius 2 is 2.16 bits per heavy atom. The summed E-state index contributed by atoms with van der Waals surface area (Å²) in [6.07, 6.45) is 1.34. The lowest BCUT2D eigenvalue weighted by molar-refractivity contribution is -0.150. The summed E-state index contributed by atoms with van der Waals surface area (Å²) in [5.41, 5.74) is -0.627. The molecule has 1 heterocycles. The molecule has 0 bridgehead atoms. The fourth-order valence-electron chi connectivity index (χ4n) is 2.23. The highest BCUT2D eigenvalue weighted by Gasteiger charge is 2.49. The van der Waals surface area contributed by atoms with Crippen molar-refractivity contribution in [3.63, 3.8) is 0 Å². The van der Waals surface area contributed by atoms with Crippen LogP contribution in [0.5, 0.6) is 0 Å². The second kappa shape index (κ2) is 4.32. The maximum atomic E-state index is 11.4. The minimum atomic E-state index is -0.872. The molecule has 1 aromatic rings. The van der Waals surface area contributed by atoms with Gasteiger partial charge < -0.3 is 9.63 Å². The van der Waals surface area contributed by atoms with Crippen LogP contribution < -0.4 is 0 Å². The van der Waals surface area contributed by atoms with Gasteiger partial charge in [-0.15, -0.1) is 0 Å². The monoisotopic (exact) mass is 266 g/mol. The second-order valence-electron chi connectivity index (χ2n) is 6.85. The standard InChI is InChI=1S/C14H22N2O3/c1-8(2)14(5,12(17)18)7-10-15-11(16-19-10)9-6-13(9,3)4/h8-9H,6-7H2,1-5H3,(H,17,18). The van der Waals surface area contributed by atoms with Crippen molar-refractivity contribution in [1.29, 1.82) is 0 Å². The Labute approximate surface area is 113 Å². The van der Waals surface area contributed by atoms with Crippen LogP contribution >= 0.6 is 0 Å². The SMILES string of the molecule is CC(C)C(C)(Cc1nc(C2CC2(C)C)no1)C(=O)O. The fourth-order valence-corrected chi connectivity index (χ4v) is 2.23. The third-order valence-corrected chi connectivity index (χ3v) is 4.59. The van der Waals surface area contributed by atoms with E-state index in [0.29, 0.717) is 11.8 Å². The molecule has 0 radical (unpaired) electrons. The van der Waals surface area contributed by atoms with Gasteiger partial charge in [0.1, 0.15) is 0 Å². The maximum Gasteiger partial charge on any atom is 0.310 e. The van der Waals surface area contributed by atoms with E-state index in [1.54, 1.807) is 6.92 Å². The average molecular weight is 266 g/mol. The first-order valence-electron chi connectivity index (χ1n) is 6.72. The van der Waals surface area contributed by atoms with Crippen LogP contribution in [0.15, 0.2) is 4.52 Å². The molecule has 0 aromatic carbocycles. The quantitative estimate of drug-likeness (QED) is 0.886. The first-order valence-corrected chi connectivity index (χ1v) is 6.72. The van der Waals surface area contributed by atoms with Gasteiger partial charge in [0.2, 0.25) is 5.89 Å². The van der Waals surface area contributed by atoms with Crippen LogP contribution in [0.2, 0.25) is 0 Å². The molecule has 1 aliphatic carbocycles. The number of carboxylic acid groups (broad SMARTS) is 1. The number of carboxylic acids is 1. The van der Waals surface area contributed by atoms with Gasteiger partial charge in [-0.3, -0.25) is 4.79 Å². The van der Waals surface area contributed by atoms with Crippen molar-refractivity contribution < 1.29 is 14.4 Å². The van der Waals surface area contributed by atoms with E-state index in [-0.39, 0.29) is 17.8 Å². The highest BCUT2D eigenvalue weighted by Crippen LogP contribution is 2.57. The molecule has 2 unspecified atom stereocenters. The van der Waals surface area contributed by atoms with Gasteiger partial charge in [0.25, 0.3) is 0 Å². The number of nitrogens with zero attached hydrogens (tertiary/aromatic N) is 2. The van der Waals surface area contributed by atoms with Crippen LogP contribution in [0, 0.1) is 16.7 Å². The van der Waals surface area contributed by atoms with Crippen molar-refractivity contribution in [2.45, 2.75) is 53.4 Å².